The molecule has 0 bridgehead atoms. The summed E-state index contributed by atoms with van der Waals surface area (Å²) in [7, 11) is 1.34. The lowest BCUT2D eigenvalue weighted by atomic mass is 10.0. The summed E-state index contributed by atoms with van der Waals surface area (Å²) >= 11 is 0. The van der Waals surface area contributed by atoms with E-state index in [1.807, 2.05) is 30.3 Å². The molecule has 0 amide bonds. The van der Waals surface area contributed by atoms with Gasteiger partial charge in [0.05, 0.1) is 12.7 Å². The number of esters is 1. The molecular formula is C17H13NO3. The molecule has 2 aromatic carbocycles. The molecular weight excluding hydrogens is 266 g/mol. The second-order valence-corrected chi connectivity index (χ2v) is 4.67. The maximum atomic E-state index is 12.2. The van der Waals surface area contributed by atoms with E-state index in [1.165, 1.54) is 7.11 Å². The molecule has 0 atom stereocenters. The van der Waals surface area contributed by atoms with Gasteiger partial charge in [-0.05, 0) is 35.2 Å². The van der Waals surface area contributed by atoms with Gasteiger partial charge in [-0.25, -0.2) is 4.79 Å². The van der Waals surface area contributed by atoms with Gasteiger partial charge in [0.15, 0.2) is 0 Å². The third kappa shape index (κ3) is 2.43. The van der Waals surface area contributed by atoms with E-state index in [1.54, 1.807) is 24.3 Å². The van der Waals surface area contributed by atoms with E-state index >= 15 is 0 Å². The van der Waals surface area contributed by atoms with Crippen LogP contribution in [0.2, 0.25) is 0 Å². The number of hydrogen-bond donors (Lipinski definition) is 1. The van der Waals surface area contributed by atoms with Gasteiger partial charge in [-0.1, -0.05) is 30.3 Å². The van der Waals surface area contributed by atoms with Gasteiger partial charge in [-0.15, -0.1) is 0 Å². The van der Waals surface area contributed by atoms with E-state index in [4.69, 9.17) is 4.74 Å². The molecule has 3 rings (SSSR count). The van der Waals surface area contributed by atoms with Crippen molar-refractivity contribution in [3.05, 3.63) is 70.5 Å². The Balaban J connectivity index is 2.21. The van der Waals surface area contributed by atoms with Crippen molar-refractivity contribution in [2.45, 2.75) is 0 Å². The largest absolute Gasteiger partial charge is 0.465 e. The van der Waals surface area contributed by atoms with Crippen LogP contribution in [0.4, 0.5) is 0 Å². The number of hydrogen-bond acceptors (Lipinski definition) is 3. The average molecular weight is 279 g/mol. The number of pyridine rings is 1. The number of nitrogens with one attached hydrogen (secondary N) is 1. The van der Waals surface area contributed by atoms with Crippen LogP contribution in [-0.4, -0.2) is 18.1 Å². The zero-order chi connectivity index (χ0) is 14.8. The van der Waals surface area contributed by atoms with Crippen molar-refractivity contribution in [3.63, 3.8) is 0 Å². The van der Waals surface area contributed by atoms with Crippen LogP contribution in [-0.2, 0) is 4.74 Å². The molecule has 0 aliphatic heterocycles. The zero-order valence-electron chi connectivity index (χ0n) is 11.4. The summed E-state index contributed by atoms with van der Waals surface area (Å²) in [6.45, 7) is 0. The first kappa shape index (κ1) is 13.1. The molecule has 0 fully saturated rings. The molecule has 0 saturated heterocycles. The highest BCUT2D eigenvalue weighted by Gasteiger charge is 2.09. The van der Waals surface area contributed by atoms with E-state index in [0.29, 0.717) is 16.6 Å². The number of carbonyl (C=O) groups excluding carboxylic acids is 1. The van der Waals surface area contributed by atoms with Crippen molar-refractivity contribution in [1.29, 1.82) is 0 Å². The van der Waals surface area contributed by atoms with Gasteiger partial charge in [-0.2, -0.15) is 0 Å². The smallest absolute Gasteiger partial charge is 0.337 e. The second kappa shape index (κ2) is 5.25. The van der Waals surface area contributed by atoms with Gasteiger partial charge in [0.2, 0.25) is 0 Å². The molecule has 0 saturated carbocycles. The molecule has 0 radical (unpaired) electrons. The summed E-state index contributed by atoms with van der Waals surface area (Å²) in [6.07, 6.45) is 0. The number of fused-ring (bicyclic) bond motifs is 1. The Morgan fingerprint density at radius 3 is 2.52 bits per heavy atom. The number of ether oxygens (including phenoxy) is 1. The van der Waals surface area contributed by atoms with Crippen molar-refractivity contribution in [2.24, 2.45) is 0 Å². The van der Waals surface area contributed by atoms with Crippen molar-refractivity contribution in [1.82, 2.24) is 4.98 Å². The van der Waals surface area contributed by atoms with E-state index < -0.39 is 5.97 Å². The highest BCUT2D eigenvalue weighted by molar-refractivity contribution is 5.95. The summed E-state index contributed by atoms with van der Waals surface area (Å²) in [5, 5.41) is 0.788. The Morgan fingerprint density at radius 2 is 1.81 bits per heavy atom. The number of aromatic amines is 1. The fourth-order valence-electron chi connectivity index (χ4n) is 2.28. The van der Waals surface area contributed by atoms with Gasteiger partial charge < -0.3 is 9.72 Å². The molecule has 0 aliphatic rings. The molecule has 1 aromatic heterocycles. The maximum absolute atomic E-state index is 12.2. The zero-order valence-corrected chi connectivity index (χ0v) is 11.4. The topological polar surface area (TPSA) is 59.2 Å². The Bertz CT molecular complexity index is 866. The second-order valence-electron chi connectivity index (χ2n) is 4.67. The lowest BCUT2D eigenvalue weighted by Crippen LogP contribution is -2.09. The first-order valence-electron chi connectivity index (χ1n) is 6.50. The van der Waals surface area contributed by atoms with Gasteiger partial charge in [-0.3, -0.25) is 4.79 Å². The van der Waals surface area contributed by atoms with E-state index in [9.17, 15) is 9.59 Å². The molecule has 3 aromatic rings. The van der Waals surface area contributed by atoms with E-state index in [2.05, 4.69) is 4.98 Å². The van der Waals surface area contributed by atoms with Crippen LogP contribution in [0.5, 0.6) is 0 Å². The molecule has 4 nitrogen and oxygen atoms in total. The lowest BCUT2D eigenvalue weighted by molar-refractivity contribution is 0.0601. The third-order valence-electron chi connectivity index (χ3n) is 3.35. The lowest BCUT2D eigenvalue weighted by Gasteiger charge is -2.05. The molecule has 0 aliphatic carbocycles. The number of rotatable bonds is 2. The Kier molecular flexibility index (Phi) is 3.28. The maximum Gasteiger partial charge on any atom is 0.337 e. The summed E-state index contributed by atoms with van der Waals surface area (Å²) in [5.74, 6) is -0.399. The van der Waals surface area contributed by atoms with Crippen LogP contribution >= 0.6 is 0 Å². The molecule has 1 heterocycles. The Morgan fingerprint density at radius 1 is 1.05 bits per heavy atom. The quantitative estimate of drug-likeness (QED) is 0.734. The van der Waals surface area contributed by atoms with Crippen molar-refractivity contribution >= 4 is 16.9 Å². The van der Waals surface area contributed by atoms with Gasteiger partial charge >= 0.3 is 5.97 Å². The fourth-order valence-corrected chi connectivity index (χ4v) is 2.28. The highest BCUT2D eigenvalue weighted by atomic mass is 16.5. The first-order chi connectivity index (χ1) is 10.2. The summed E-state index contributed by atoms with van der Waals surface area (Å²) in [6, 6.07) is 16.2. The van der Waals surface area contributed by atoms with Crippen LogP contribution < -0.4 is 5.56 Å². The minimum Gasteiger partial charge on any atom is -0.465 e. The van der Waals surface area contributed by atoms with Crippen LogP contribution in [0, 0.1) is 0 Å². The average Bonchev–Trinajstić information content (AvgIpc) is 2.54. The standard InChI is InChI=1S/C17H13NO3/c1-21-17(20)12-7-8-15-13(9-12)10-14(16(19)18-15)11-5-3-2-4-6-11/h2-10H,1H3,(H,18,19). The van der Waals surface area contributed by atoms with Crippen LogP contribution in [0.15, 0.2) is 59.4 Å². The normalized spacial score (nSPS) is 10.5. The fraction of sp³-hybridized carbons (Fsp3) is 0.0588. The summed E-state index contributed by atoms with van der Waals surface area (Å²) < 4.78 is 4.71. The van der Waals surface area contributed by atoms with E-state index in [-0.39, 0.29) is 5.56 Å². The SMILES string of the molecule is COC(=O)c1ccc2[nH]c(=O)c(-c3ccccc3)cc2c1. The first-order valence-corrected chi connectivity index (χ1v) is 6.50. The minimum atomic E-state index is -0.399. The van der Waals surface area contributed by atoms with Crippen molar-refractivity contribution < 1.29 is 9.53 Å². The molecule has 1 N–H and O–H groups in total. The predicted molar refractivity (Wildman–Crippen MR) is 81.3 cm³/mol. The molecule has 21 heavy (non-hydrogen) atoms. The van der Waals surface area contributed by atoms with Crippen LogP contribution in [0.1, 0.15) is 10.4 Å². The van der Waals surface area contributed by atoms with E-state index in [0.717, 1.165) is 10.9 Å². The van der Waals surface area contributed by atoms with Gasteiger partial charge in [0.1, 0.15) is 0 Å². The van der Waals surface area contributed by atoms with Crippen LogP contribution in [0.25, 0.3) is 22.0 Å². The third-order valence-corrected chi connectivity index (χ3v) is 3.35. The van der Waals surface area contributed by atoms with Gasteiger partial charge in [0, 0.05) is 11.1 Å². The van der Waals surface area contributed by atoms with Crippen LogP contribution in [0.3, 0.4) is 0 Å². The number of aromatic nitrogens is 1. The number of carbonyl (C=O) groups is 1. The molecule has 4 heteroatoms. The Hall–Kier alpha value is -2.88. The Labute approximate surface area is 121 Å². The number of methoxy groups -OCH3 is 1. The number of H-pyrrole nitrogens is 1. The minimum absolute atomic E-state index is 0.153. The molecule has 0 spiro atoms. The molecule has 0 unspecified atom stereocenters. The van der Waals surface area contributed by atoms with Gasteiger partial charge in [0.25, 0.3) is 5.56 Å². The van der Waals surface area contributed by atoms with Crippen molar-refractivity contribution in [2.75, 3.05) is 7.11 Å². The number of benzene rings is 2. The summed E-state index contributed by atoms with van der Waals surface area (Å²) in [4.78, 5) is 26.6. The molecule has 104 valence electrons. The highest BCUT2D eigenvalue weighted by Crippen LogP contribution is 2.20. The predicted octanol–water partition coefficient (Wildman–Crippen LogP) is 2.98. The monoisotopic (exact) mass is 279 g/mol. The van der Waals surface area contributed by atoms with Crippen molar-refractivity contribution in [3.8, 4) is 11.1 Å². The summed E-state index contributed by atoms with van der Waals surface area (Å²) in [5.41, 5.74) is 2.40.